The number of aromatic amines is 2. The van der Waals surface area contributed by atoms with Crippen molar-refractivity contribution in [2.24, 2.45) is 0 Å². The van der Waals surface area contributed by atoms with Crippen molar-refractivity contribution in [1.82, 2.24) is 9.97 Å². The molecule has 0 bridgehead atoms. The molecule has 0 saturated heterocycles. The van der Waals surface area contributed by atoms with Crippen LogP contribution < -0.4 is 0 Å². The molecule has 2 unspecified atom stereocenters. The molecule has 2 atom stereocenters. The van der Waals surface area contributed by atoms with E-state index in [2.05, 4.69) is 22.1 Å². The van der Waals surface area contributed by atoms with Crippen LogP contribution in [0.2, 0.25) is 0 Å². The number of nitrogens with one attached hydrogen (secondary N) is 2. The molecule has 4 aromatic rings. The van der Waals surface area contributed by atoms with Crippen LogP contribution in [-0.4, -0.2) is 32.4 Å². The lowest BCUT2D eigenvalue weighted by Crippen LogP contribution is -2.51. The second-order valence-electron chi connectivity index (χ2n) is 11.3. The fourth-order valence-corrected chi connectivity index (χ4v) is 6.01. The Hall–Kier alpha value is -4.03. The molecule has 1 aliphatic carbocycles. The van der Waals surface area contributed by atoms with Crippen LogP contribution >= 0.6 is 0 Å². The van der Waals surface area contributed by atoms with Gasteiger partial charge in [-0.1, -0.05) is 59.7 Å². The van der Waals surface area contributed by atoms with Gasteiger partial charge < -0.3 is 15.1 Å². The first-order chi connectivity index (χ1) is 19.1. The van der Waals surface area contributed by atoms with Crippen LogP contribution in [0.3, 0.4) is 0 Å². The van der Waals surface area contributed by atoms with E-state index < -0.39 is 35.3 Å². The van der Waals surface area contributed by atoms with Crippen LogP contribution in [0.15, 0.2) is 71.8 Å². The lowest BCUT2D eigenvalue weighted by atomic mass is 9.68. The van der Waals surface area contributed by atoms with Crippen LogP contribution in [0.25, 0.3) is 21.8 Å². The average molecular weight is 537 g/mol. The maximum Gasteiger partial charge on any atom is 0.213 e. The van der Waals surface area contributed by atoms with Crippen molar-refractivity contribution in [1.29, 1.82) is 0 Å². The van der Waals surface area contributed by atoms with E-state index in [0.29, 0.717) is 47.9 Å². The summed E-state index contributed by atoms with van der Waals surface area (Å²) in [4.78, 5) is 48.2. The first kappa shape index (κ1) is 27.5. The maximum atomic E-state index is 14.5. The quantitative estimate of drug-likeness (QED) is 0.135. The maximum absolute atomic E-state index is 14.5. The normalized spacial score (nSPS) is 19.4. The number of para-hydroxylation sites is 2. The predicted octanol–water partition coefficient (Wildman–Crippen LogP) is 6.53. The second-order valence-corrected chi connectivity index (χ2v) is 11.3. The first-order valence-corrected chi connectivity index (χ1v) is 13.9. The van der Waals surface area contributed by atoms with E-state index in [-0.39, 0.29) is 0 Å². The van der Waals surface area contributed by atoms with Crippen molar-refractivity contribution < 1.29 is 19.5 Å². The molecule has 0 spiro atoms. The summed E-state index contributed by atoms with van der Waals surface area (Å²) in [7, 11) is 0. The average Bonchev–Trinajstić information content (AvgIpc) is 3.46. The number of Topliss-reactive ketones (excluding diaryl/α,β-unsaturated/α-hetero) is 3. The zero-order valence-corrected chi connectivity index (χ0v) is 23.6. The van der Waals surface area contributed by atoms with Crippen LogP contribution in [-0.2, 0) is 32.8 Å². The van der Waals surface area contributed by atoms with Gasteiger partial charge in [-0.3, -0.25) is 14.4 Å². The highest BCUT2D eigenvalue weighted by molar-refractivity contribution is 6.47. The molecule has 2 heterocycles. The van der Waals surface area contributed by atoms with Crippen molar-refractivity contribution in [2.75, 3.05) is 0 Å². The molecule has 2 aromatic heterocycles. The Morgan fingerprint density at radius 1 is 0.825 bits per heavy atom. The van der Waals surface area contributed by atoms with Gasteiger partial charge in [0.2, 0.25) is 11.6 Å². The third-order valence-corrected chi connectivity index (χ3v) is 7.83. The first-order valence-electron chi connectivity index (χ1n) is 13.9. The number of H-pyrrole nitrogens is 2. The van der Waals surface area contributed by atoms with E-state index in [4.69, 9.17) is 0 Å². The number of allylic oxidation sites excluding steroid dienone is 4. The van der Waals surface area contributed by atoms with Crippen LogP contribution in [0.5, 0.6) is 0 Å². The van der Waals surface area contributed by atoms with Gasteiger partial charge in [0.1, 0.15) is 5.92 Å². The van der Waals surface area contributed by atoms with Gasteiger partial charge in [0.05, 0.1) is 6.42 Å². The third-order valence-electron chi connectivity index (χ3n) is 7.83. The standard InChI is InChI=1S/C34H36N2O4/c1-20(2)11-9-17-26-29(22-13-5-7-15-24(22)35-26)30-32(38)28(37)19-34(40,33(30)39)31-23-14-6-8-16-25(23)36-27(31)18-10-12-21(3)4/h5-8,11-16,30,35-36,40H,9-10,17-19H2,1-4H3. The lowest BCUT2D eigenvalue weighted by Gasteiger charge is -2.34. The third kappa shape index (κ3) is 4.88. The number of hydrogen-bond donors (Lipinski definition) is 3. The summed E-state index contributed by atoms with van der Waals surface area (Å²) in [5, 5.41) is 13.7. The minimum atomic E-state index is -2.13. The summed E-state index contributed by atoms with van der Waals surface area (Å²) >= 11 is 0. The molecule has 1 saturated carbocycles. The van der Waals surface area contributed by atoms with Crippen molar-refractivity contribution in [3.8, 4) is 0 Å². The van der Waals surface area contributed by atoms with Crippen LogP contribution in [0.1, 0.15) is 75.4 Å². The number of aryl methyl sites for hydroxylation is 2. The number of ketones is 3. The molecule has 5 rings (SSSR count). The van der Waals surface area contributed by atoms with Crippen LogP contribution in [0, 0.1) is 0 Å². The number of hydrogen-bond acceptors (Lipinski definition) is 4. The van der Waals surface area contributed by atoms with Gasteiger partial charge >= 0.3 is 0 Å². The minimum absolute atomic E-state index is 0.409. The molecule has 40 heavy (non-hydrogen) atoms. The van der Waals surface area contributed by atoms with Gasteiger partial charge in [-0.25, -0.2) is 0 Å². The molecule has 0 aliphatic heterocycles. The second kappa shape index (κ2) is 10.9. The van der Waals surface area contributed by atoms with E-state index in [9.17, 15) is 19.5 Å². The molecule has 0 radical (unpaired) electrons. The van der Waals surface area contributed by atoms with E-state index >= 15 is 0 Å². The van der Waals surface area contributed by atoms with Crippen molar-refractivity contribution in [3.63, 3.8) is 0 Å². The summed E-state index contributed by atoms with van der Waals surface area (Å²) < 4.78 is 0. The molecule has 3 N–H and O–H groups in total. The van der Waals surface area contributed by atoms with Crippen molar-refractivity contribution in [2.45, 2.75) is 71.3 Å². The Morgan fingerprint density at radius 2 is 1.35 bits per heavy atom. The van der Waals surface area contributed by atoms with Gasteiger partial charge in [0.25, 0.3) is 0 Å². The number of benzene rings is 2. The molecule has 2 aromatic carbocycles. The number of aromatic nitrogens is 2. The van der Waals surface area contributed by atoms with E-state index in [1.807, 2.05) is 76.2 Å². The van der Waals surface area contributed by atoms with Crippen molar-refractivity contribution in [3.05, 3.63) is 94.3 Å². The zero-order chi connectivity index (χ0) is 28.6. The minimum Gasteiger partial charge on any atom is -0.377 e. The van der Waals surface area contributed by atoms with Crippen molar-refractivity contribution >= 4 is 39.2 Å². The van der Waals surface area contributed by atoms with Gasteiger partial charge in [-0.05, 0) is 71.1 Å². The smallest absolute Gasteiger partial charge is 0.213 e. The SMILES string of the molecule is CC(C)=CCCc1[nH]c2ccccc2c1C1C(=O)C(=O)CC(O)(c2c(CCC=C(C)C)[nH]c3ccccc23)C1=O. The largest absolute Gasteiger partial charge is 0.377 e. The molecule has 206 valence electrons. The topological polar surface area (TPSA) is 103 Å². The molecule has 6 nitrogen and oxygen atoms in total. The Labute approximate surface area is 234 Å². The highest BCUT2D eigenvalue weighted by Crippen LogP contribution is 2.45. The summed E-state index contributed by atoms with van der Waals surface area (Å²) in [6.07, 6.45) is 6.19. The highest BCUT2D eigenvalue weighted by atomic mass is 16.3. The summed E-state index contributed by atoms with van der Waals surface area (Å²) in [6.45, 7) is 8.09. The van der Waals surface area contributed by atoms with Gasteiger partial charge in [-0.15, -0.1) is 0 Å². The number of carbonyl (C=O) groups excluding carboxylic acids is 3. The van der Waals surface area contributed by atoms with Gasteiger partial charge in [-0.2, -0.15) is 0 Å². The van der Waals surface area contributed by atoms with Crippen LogP contribution in [0.4, 0.5) is 0 Å². The lowest BCUT2D eigenvalue weighted by molar-refractivity contribution is -0.157. The fraction of sp³-hybridized carbons (Fsp3) is 0.324. The zero-order valence-electron chi connectivity index (χ0n) is 23.6. The Morgan fingerprint density at radius 3 is 1.98 bits per heavy atom. The Kier molecular flexibility index (Phi) is 7.47. The summed E-state index contributed by atoms with van der Waals surface area (Å²) in [5.41, 5.74) is 4.15. The number of aliphatic hydroxyl groups is 1. The summed E-state index contributed by atoms with van der Waals surface area (Å²) in [6, 6.07) is 15.0. The Balaban J connectivity index is 1.67. The highest BCUT2D eigenvalue weighted by Gasteiger charge is 2.55. The fourth-order valence-electron chi connectivity index (χ4n) is 6.01. The Bertz CT molecular complexity index is 1690. The van der Waals surface area contributed by atoms with E-state index in [1.165, 1.54) is 11.1 Å². The summed E-state index contributed by atoms with van der Waals surface area (Å²) in [5.74, 6) is -3.51. The number of fused-ring (bicyclic) bond motifs is 2. The molecular formula is C34H36N2O4. The molecule has 1 aliphatic rings. The monoisotopic (exact) mass is 536 g/mol. The van der Waals surface area contributed by atoms with E-state index in [1.54, 1.807) is 0 Å². The van der Waals surface area contributed by atoms with E-state index in [0.717, 1.165) is 22.1 Å². The number of rotatable bonds is 8. The van der Waals surface area contributed by atoms with Gasteiger partial charge in [0.15, 0.2) is 11.4 Å². The molecule has 1 fully saturated rings. The molecule has 6 heteroatoms. The molecule has 0 amide bonds. The predicted molar refractivity (Wildman–Crippen MR) is 158 cm³/mol. The number of carbonyl (C=O) groups is 3. The molecular weight excluding hydrogens is 500 g/mol. The van der Waals surface area contributed by atoms with Gasteiger partial charge in [0, 0.05) is 38.8 Å².